The van der Waals surface area contributed by atoms with Crippen molar-refractivity contribution in [2.24, 2.45) is 14.1 Å². The molecule has 28 heavy (non-hydrogen) atoms. The summed E-state index contributed by atoms with van der Waals surface area (Å²) in [7, 11) is 3.13. The number of aromatic nitrogens is 4. The first kappa shape index (κ1) is 22.2. The van der Waals surface area contributed by atoms with Crippen LogP contribution < -0.4 is 11.2 Å². The lowest BCUT2D eigenvalue weighted by Gasteiger charge is -2.19. The average molecular weight is 426 g/mol. The van der Waals surface area contributed by atoms with E-state index in [1.807, 2.05) is 16.7 Å². The Hall–Kier alpha value is -2.09. The highest BCUT2D eigenvalue weighted by Gasteiger charge is 2.20. The fourth-order valence-corrected chi connectivity index (χ4v) is 3.39. The lowest BCUT2D eigenvalue weighted by atomic mass is 10.2. The molecule has 0 saturated heterocycles. The molecule has 0 fully saturated rings. The number of hydrogen-bond donors (Lipinski definition) is 0. The zero-order valence-electron chi connectivity index (χ0n) is 16.5. The average Bonchev–Trinajstić information content (AvgIpc) is 3.06. The van der Waals surface area contributed by atoms with Gasteiger partial charge in [0.25, 0.3) is 5.56 Å². The predicted molar refractivity (Wildman–Crippen MR) is 116 cm³/mol. The van der Waals surface area contributed by atoms with Crippen LogP contribution in [0.5, 0.6) is 0 Å². The molecule has 0 aliphatic rings. The van der Waals surface area contributed by atoms with Gasteiger partial charge in [-0.15, -0.1) is 12.4 Å². The number of rotatable bonds is 6. The zero-order chi connectivity index (χ0) is 19.7. The van der Waals surface area contributed by atoms with Crippen LogP contribution in [-0.4, -0.2) is 43.2 Å². The van der Waals surface area contributed by atoms with Gasteiger partial charge in [-0.1, -0.05) is 25.4 Å². The number of hydrogen-bond acceptors (Lipinski definition) is 4. The van der Waals surface area contributed by atoms with Gasteiger partial charge in [-0.3, -0.25) is 13.9 Å². The molecule has 0 spiro atoms. The predicted octanol–water partition coefficient (Wildman–Crippen LogP) is 2.52. The van der Waals surface area contributed by atoms with Crippen LogP contribution >= 0.6 is 24.0 Å². The minimum Gasteiger partial charge on any atom is -0.317 e. The standard InChI is InChI=1S/C19H24ClN5O2.ClH/c1-5-24(6-2)11-12-25-15-17(22(3)19(27)23(4)18(15)26)21-16(25)13-7-9-14(20)10-8-13;/h7-10H,5-6,11-12H2,1-4H3;1H. The first-order valence-corrected chi connectivity index (χ1v) is 9.41. The van der Waals surface area contributed by atoms with Crippen molar-refractivity contribution in [2.75, 3.05) is 19.6 Å². The maximum Gasteiger partial charge on any atom is 0.332 e. The van der Waals surface area contributed by atoms with Crippen molar-refractivity contribution in [3.05, 3.63) is 50.1 Å². The number of likely N-dealkylation sites (N-methyl/N-ethyl adjacent to an activating group) is 1. The molecule has 0 atom stereocenters. The summed E-state index contributed by atoms with van der Waals surface area (Å²) in [6.07, 6.45) is 0. The summed E-state index contributed by atoms with van der Waals surface area (Å²) in [5, 5.41) is 0.632. The Kier molecular flexibility index (Phi) is 7.09. The van der Waals surface area contributed by atoms with E-state index >= 15 is 0 Å². The molecule has 0 aliphatic carbocycles. The molecule has 0 radical (unpaired) electrons. The number of aryl methyl sites for hydroxylation is 1. The van der Waals surface area contributed by atoms with Crippen LogP contribution in [0.1, 0.15) is 13.8 Å². The molecule has 0 bridgehead atoms. The summed E-state index contributed by atoms with van der Waals surface area (Å²) >= 11 is 6.02. The number of benzene rings is 1. The van der Waals surface area contributed by atoms with Gasteiger partial charge in [0.1, 0.15) is 5.82 Å². The number of imidazole rings is 1. The lowest BCUT2D eigenvalue weighted by molar-refractivity contribution is 0.292. The van der Waals surface area contributed by atoms with Crippen molar-refractivity contribution in [2.45, 2.75) is 20.4 Å². The maximum absolute atomic E-state index is 12.9. The van der Waals surface area contributed by atoms with E-state index in [1.165, 1.54) is 11.6 Å². The molecule has 0 aliphatic heterocycles. The number of fused-ring (bicyclic) bond motifs is 1. The number of nitrogens with zero attached hydrogens (tertiary/aromatic N) is 5. The zero-order valence-corrected chi connectivity index (χ0v) is 18.0. The summed E-state index contributed by atoms with van der Waals surface area (Å²) < 4.78 is 4.46. The molecule has 9 heteroatoms. The van der Waals surface area contributed by atoms with Crippen molar-refractivity contribution in [3.8, 4) is 11.4 Å². The smallest absolute Gasteiger partial charge is 0.317 e. The highest BCUT2D eigenvalue weighted by atomic mass is 35.5. The van der Waals surface area contributed by atoms with Crippen LogP contribution in [0.15, 0.2) is 33.9 Å². The highest BCUT2D eigenvalue weighted by Crippen LogP contribution is 2.24. The molecule has 0 N–H and O–H groups in total. The van der Waals surface area contributed by atoms with Crippen LogP contribution in [0.25, 0.3) is 22.6 Å². The highest BCUT2D eigenvalue weighted by molar-refractivity contribution is 6.30. The first-order valence-electron chi connectivity index (χ1n) is 9.03. The summed E-state index contributed by atoms with van der Waals surface area (Å²) in [5.74, 6) is 0.659. The van der Waals surface area contributed by atoms with Gasteiger partial charge in [-0.25, -0.2) is 9.78 Å². The summed E-state index contributed by atoms with van der Waals surface area (Å²) in [5.41, 5.74) is 0.970. The van der Waals surface area contributed by atoms with Gasteiger partial charge in [0.2, 0.25) is 0 Å². The van der Waals surface area contributed by atoms with Gasteiger partial charge >= 0.3 is 5.69 Å². The second kappa shape index (κ2) is 8.94. The van der Waals surface area contributed by atoms with Crippen molar-refractivity contribution >= 4 is 35.2 Å². The van der Waals surface area contributed by atoms with Crippen LogP contribution in [0.4, 0.5) is 0 Å². The fourth-order valence-electron chi connectivity index (χ4n) is 3.26. The minimum atomic E-state index is -0.386. The van der Waals surface area contributed by atoms with Crippen LogP contribution in [-0.2, 0) is 20.6 Å². The minimum absolute atomic E-state index is 0. The summed E-state index contributed by atoms with van der Waals surface area (Å²) in [6, 6.07) is 7.34. The van der Waals surface area contributed by atoms with E-state index in [2.05, 4.69) is 23.7 Å². The fraction of sp³-hybridized carbons (Fsp3) is 0.421. The molecule has 2 heterocycles. The van der Waals surface area contributed by atoms with E-state index in [0.29, 0.717) is 28.6 Å². The molecule has 3 aromatic rings. The Bertz CT molecular complexity index is 1080. The second-order valence-corrected chi connectivity index (χ2v) is 6.94. The quantitative estimate of drug-likeness (QED) is 0.608. The molecular weight excluding hydrogens is 401 g/mol. The van der Waals surface area contributed by atoms with Crippen LogP contribution in [0, 0.1) is 0 Å². The lowest BCUT2D eigenvalue weighted by Crippen LogP contribution is -2.38. The molecule has 0 amide bonds. The largest absolute Gasteiger partial charge is 0.332 e. The van der Waals surface area contributed by atoms with Gasteiger partial charge in [-0.05, 0) is 37.4 Å². The summed E-state index contributed by atoms with van der Waals surface area (Å²) in [4.78, 5) is 32.1. The van der Waals surface area contributed by atoms with Crippen LogP contribution in [0.2, 0.25) is 5.02 Å². The Morgan fingerprint density at radius 1 is 1.04 bits per heavy atom. The third-order valence-corrected chi connectivity index (χ3v) is 5.24. The van der Waals surface area contributed by atoms with Gasteiger partial charge in [-0.2, -0.15) is 0 Å². The number of halogens is 2. The Labute approximate surface area is 174 Å². The van der Waals surface area contributed by atoms with E-state index < -0.39 is 0 Å². The molecular formula is C19H25Cl2N5O2. The topological polar surface area (TPSA) is 65.1 Å². The van der Waals surface area contributed by atoms with Crippen molar-refractivity contribution in [1.82, 2.24) is 23.6 Å². The van der Waals surface area contributed by atoms with Gasteiger partial charge in [0.05, 0.1) is 0 Å². The van der Waals surface area contributed by atoms with Gasteiger partial charge < -0.3 is 9.47 Å². The SMILES string of the molecule is CCN(CC)CCn1c(-c2ccc(Cl)cc2)nc2c1c(=O)n(C)c(=O)n2C.Cl. The monoisotopic (exact) mass is 425 g/mol. The molecule has 3 rings (SSSR count). The molecule has 0 unspecified atom stereocenters. The molecule has 0 saturated carbocycles. The van der Waals surface area contributed by atoms with Crippen molar-refractivity contribution in [1.29, 1.82) is 0 Å². The van der Waals surface area contributed by atoms with E-state index in [1.54, 1.807) is 19.2 Å². The molecule has 7 nitrogen and oxygen atoms in total. The van der Waals surface area contributed by atoms with E-state index in [0.717, 1.165) is 29.8 Å². The Morgan fingerprint density at radius 2 is 1.64 bits per heavy atom. The molecule has 2 aromatic heterocycles. The third kappa shape index (κ3) is 3.87. The van der Waals surface area contributed by atoms with Crippen molar-refractivity contribution in [3.63, 3.8) is 0 Å². The second-order valence-electron chi connectivity index (χ2n) is 6.50. The Morgan fingerprint density at radius 3 is 2.21 bits per heavy atom. The third-order valence-electron chi connectivity index (χ3n) is 4.98. The van der Waals surface area contributed by atoms with E-state index in [4.69, 9.17) is 11.6 Å². The van der Waals surface area contributed by atoms with E-state index in [-0.39, 0.29) is 23.7 Å². The summed E-state index contributed by atoms with van der Waals surface area (Å²) in [6.45, 7) is 7.46. The molecule has 1 aromatic carbocycles. The Balaban J connectivity index is 0.00000280. The van der Waals surface area contributed by atoms with Gasteiger partial charge in [0, 0.05) is 37.8 Å². The first-order chi connectivity index (χ1) is 12.9. The van der Waals surface area contributed by atoms with E-state index in [9.17, 15) is 9.59 Å². The van der Waals surface area contributed by atoms with Gasteiger partial charge in [0.15, 0.2) is 11.2 Å². The normalized spacial score (nSPS) is 11.2. The molecule has 152 valence electrons. The van der Waals surface area contributed by atoms with Crippen LogP contribution in [0.3, 0.4) is 0 Å². The van der Waals surface area contributed by atoms with Crippen molar-refractivity contribution < 1.29 is 0 Å². The maximum atomic E-state index is 12.9.